The van der Waals surface area contributed by atoms with Crippen LogP contribution in [0.4, 0.5) is 5.82 Å². The van der Waals surface area contributed by atoms with Crippen LogP contribution in [0, 0.1) is 13.8 Å². The van der Waals surface area contributed by atoms with Crippen LogP contribution in [-0.4, -0.2) is 19.7 Å². The first-order valence-corrected chi connectivity index (χ1v) is 4.53. The smallest absolute Gasteiger partial charge is 0.159 e. The fraction of sp³-hybridized carbons (Fsp3) is 0.222. The summed E-state index contributed by atoms with van der Waals surface area (Å²) in [5.74, 6) is 6.53. The van der Waals surface area contributed by atoms with E-state index in [9.17, 15) is 0 Å². The predicted molar refractivity (Wildman–Crippen MR) is 56.4 cm³/mol. The predicted octanol–water partition coefficient (Wildman–Crippen LogP) is 0.565. The molecule has 2 heterocycles. The summed E-state index contributed by atoms with van der Waals surface area (Å²) in [6, 6.07) is 3.72. The van der Waals surface area contributed by atoms with Gasteiger partial charge in [-0.25, -0.2) is 20.5 Å². The van der Waals surface area contributed by atoms with Gasteiger partial charge in [0.25, 0.3) is 0 Å². The van der Waals surface area contributed by atoms with Gasteiger partial charge in [-0.1, -0.05) is 0 Å². The van der Waals surface area contributed by atoms with E-state index < -0.39 is 0 Å². The van der Waals surface area contributed by atoms with Crippen molar-refractivity contribution < 1.29 is 0 Å². The zero-order chi connectivity index (χ0) is 10.8. The van der Waals surface area contributed by atoms with Crippen molar-refractivity contribution in [1.29, 1.82) is 0 Å². The lowest BCUT2D eigenvalue weighted by Crippen LogP contribution is -2.10. The maximum atomic E-state index is 5.27. The van der Waals surface area contributed by atoms with E-state index in [0.717, 1.165) is 11.4 Å². The van der Waals surface area contributed by atoms with Crippen LogP contribution in [0.5, 0.6) is 0 Å². The second-order valence-electron chi connectivity index (χ2n) is 3.24. The molecule has 15 heavy (non-hydrogen) atoms. The van der Waals surface area contributed by atoms with E-state index >= 15 is 0 Å². The van der Waals surface area contributed by atoms with Crippen molar-refractivity contribution in [2.45, 2.75) is 13.8 Å². The molecule has 0 fully saturated rings. The molecule has 0 spiro atoms. The van der Waals surface area contributed by atoms with Gasteiger partial charge in [0.1, 0.15) is 12.1 Å². The number of rotatable bonds is 2. The maximum Gasteiger partial charge on any atom is 0.159 e. The number of nitrogens with two attached hydrogens (primary N) is 1. The van der Waals surface area contributed by atoms with Crippen LogP contribution in [0.3, 0.4) is 0 Å². The molecular formula is C9H12N6. The fourth-order valence-electron chi connectivity index (χ4n) is 1.40. The van der Waals surface area contributed by atoms with Gasteiger partial charge in [-0.3, -0.25) is 0 Å². The average Bonchev–Trinajstić information content (AvgIpc) is 2.58. The van der Waals surface area contributed by atoms with Crippen LogP contribution in [0.25, 0.3) is 5.82 Å². The summed E-state index contributed by atoms with van der Waals surface area (Å²) in [6.45, 7) is 3.91. The van der Waals surface area contributed by atoms with Gasteiger partial charge in [0.15, 0.2) is 5.82 Å². The van der Waals surface area contributed by atoms with Crippen LogP contribution in [-0.2, 0) is 0 Å². The molecule has 2 aromatic rings. The summed E-state index contributed by atoms with van der Waals surface area (Å²) < 4.78 is 1.75. The third-order valence-corrected chi connectivity index (χ3v) is 2.03. The minimum absolute atomic E-state index is 0.563. The third kappa shape index (κ3) is 1.79. The number of nitrogen functional groups attached to an aromatic ring is 1. The van der Waals surface area contributed by atoms with E-state index in [1.807, 2.05) is 19.9 Å². The van der Waals surface area contributed by atoms with Crippen molar-refractivity contribution in [1.82, 2.24) is 19.7 Å². The molecule has 0 unspecified atom stereocenters. The fourth-order valence-corrected chi connectivity index (χ4v) is 1.40. The number of anilines is 1. The highest BCUT2D eigenvalue weighted by Crippen LogP contribution is 2.11. The molecule has 0 saturated heterocycles. The first-order valence-electron chi connectivity index (χ1n) is 4.53. The van der Waals surface area contributed by atoms with E-state index in [-0.39, 0.29) is 0 Å². The van der Waals surface area contributed by atoms with Crippen molar-refractivity contribution in [2.24, 2.45) is 5.84 Å². The second-order valence-corrected chi connectivity index (χ2v) is 3.24. The standard InChI is InChI=1S/C9H12N6/c1-6-3-7(2)15(14-6)9-4-8(13-10)11-5-12-9/h3-5H,10H2,1-2H3,(H,11,12,13). The Morgan fingerprint density at radius 3 is 2.67 bits per heavy atom. The second kappa shape index (κ2) is 3.66. The normalized spacial score (nSPS) is 10.3. The summed E-state index contributed by atoms with van der Waals surface area (Å²) in [6.07, 6.45) is 1.45. The Morgan fingerprint density at radius 2 is 2.07 bits per heavy atom. The molecule has 0 saturated carbocycles. The Balaban J connectivity index is 2.49. The minimum Gasteiger partial charge on any atom is -0.308 e. The first-order chi connectivity index (χ1) is 7.20. The van der Waals surface area contributed by atoms with Gasteiger partial charge < -0.3 is 5.43 Å². The van der Waals surface area contributed by atoms with Gasteiger partial charge in [-0.05, 0) is 19.9 Å². The van der Waals surface area contributed by atoms with Crippen LogP contribution >= 0.6 is 0 Å². The van der Waals surface area contributed by atoms with Crippen molar-refractivity contribution in [3.63, 3.8) is 0 Å². The quantitative estimate of drug-likeness (QED) is 0.552. The molecular weight excluding hydrogens is 192 g/mol. The zero-order valence-electron chi connectivity index (χ0n) is 8.60. The van der Waals surface area contributed by atoms with Crippen LogP contribution < -0.4 is 11.3 Å². The topological polar surface area (TPSA) is 81.7 Å². The summed E-state index contributed by atoms with van der Waals surface area (Å²) in [4.78, 5) is 8.06. The van der Waals surface area contributed by atoms with E-state index in [1.165, 1.54) is 6.33 Å². The lowest BCUT2D eigenvalue weighted by atomic mass is 10.4. The summed E-state index contributed by atoms with van der Waals surface area (Å²) in [5, 5.41) is 4.31. The third-order valence-electron chi connectivity index (χ3n) is 2.03. The summed E-state index contributed by atoms with van der Waals surface area (Å²) in [7, 11) is 0. The van der Waals surface area contributed by atoms with E-state index in [1.54, 1.807) is 10.7 Å². The largest absolute Gasteiger partial charge is 0.308 e. The summed E-state index contributed by atoms with van der Waals surface area (Å²) >= 11 is 0. The molecule has 0 radical (unpaired) electrons. The van der Waals surface area contributed by atoms with E-state index in [4.69, 9.17) is 5.84 Å². The molecule has 0 amide bonds. The van der Waals surface area contributed by atoms with Gasteiger partial charge in [-0.15, -0.1) is 0 Å². The van der Waals surface area contributed by atoms with Gasteiger partial charge in [-0.2, -0.15) is 5.10 Å². The lowest BCUT2D eigenvalue weighted by molar-refractivity contribution is 0.801. The molecule has 6 heteroatoms. The van der Waals surface area contributed by atoms with Gasteiger partial charge >= 0.3 is 0 Å². The molecule has 0 aliphatic rings. The minimum atomic E-state index is 0.563. The molecule has 3 N–H and O–H groups in total. The van der Waals surface area contributed by atoms with Crippen molar-refractivity contribution in [3.8, 4) is 5.82 Å². The molecule has 0 aliphatic heterocycles. The Labute approximate surface area is 87.1 Å². The first kappa shape index (κ1) is 9.60. The SMILES string of the molecule is Cc1cc(C)n(-c2cc(NN)ncn2)n1. The molecule has 2 aromatic heterocycles. The van der Waals surface area contributed by atoms with Crippen molar-refractivity contribution in [2.75, 3.05) is 5.43 Å². The molecule has 0 atom stereocenters. The Bertz CT molecular complexity index is 475. The Kier molecular flexibility index (Phi) is 2.34. The lowest BCUT2D eigenvalue weighted by Gasteiger charge is -2.04. The van der Waals surface area contributed by atoms with Crippen molar-refractivity contribution in [3.05, 3.63) is 29.8 Å². The number of hydrogen-bond acceptors (Lipinski definition) is 5. The number of hydrazine groups is 1. The number of hydrogen-bond donors (Lipinski definition) is 2. The van der Waals surface area contributed by atoms with Crippen molar-refractivity contribution >= 4 is 5.82 Å². The molecule has 78 valence electrons. The van der Waals surface area contributed by atoms with Gasteiger partial charge in [0.05, 0.1) is 5.69 Å². The number of aromatic nitrogens is 4. The monoisotopic (exact) mass is 204 g/mol. The van der Waals surface area contributed by atoms with Crippen LogP contribution in [0.15, 0.2) is 18.5 Å². The Morgan fingerprint density at radius 1 is 1.27 bits per heavy atom. The molecule has 0 aliphatic carbocycles. The van der Waals surface area contributed by atoms with E-state index in [0.29, 0.717) is 11.6 Å². The molecule has 2 rings (SSSR count). The number of nitrogens with one attached hydrogen (secondary N) is 1. The van der Waals surface area contributed by atoms with E-state index in [2.05, 4.69) is 20.5 Å². The molecule has 6 nitrogen and oxygen atoms in total. The summed E-state index contributed by atoms with van der Waals surface area (Å²) in [5.41, 5.74) is 4.45. The van der Waals surface area contributed by atoms with Crippen LogP contribution in [0.2, 0.25) is 0 Å². The highest BCUT2D eigenvalue weighted by Gasteiger charge is 2.05. The highest BCUT2D eigenvalue weighted by atomic mass is 15.3. The van der Waals surface area contributed by atoms with Crippen LogP contribution in [0.1, 0.15) is 11.4 Å². The van der Waals surface area contributed by atoms with Gasteiger partial charge in [0, 0.05) is 11.8 Å². The average molecular weight is 204 g/mol. The zero-order valence-corrected chi connectivity index (χ0v) is 8.60. The molecule has 0 aromatic carbocycles. The molecule has 0 bridgehead atoms. The van der Waals surface area contributed by atoms with Gasteiger partial charge in [0.2, 0.25) is 0 Å². The number of nitrogens with zero attached hydrogens (tertiary/aromatic N) is 4. The maximum absolute atomic E-state index is 5.27. The Hall–Kier alpha value is -1.95. The number of aryl methyl sites for hydroxylation is 2. The highest BCUT2D eigenvalue weighted by molar-refractivity contribution is 5.39.